The van der Waals surface area contributed by atoms with Crippen LogP contribution in [0.1, 0.15) is 74.7 Å². The lowest BCUT2D eigenvalue weighted by molar-refractivity contribution is 0.0979. The molecule has 2 aromatic heterocycles. The van der Waals surface area contributed by atoms with Gasteiger partial charge in [-0.1, -0.05) is 60.8 Å². The van der Waals surface area contributed by atoms with E-state index in [-0.39, 0.29) is 32.8 Å². The average molecular weight is 873 g/mol. The second-order valence-corrected chi connectivity index (χ2v) is 19.6. The van der Waals surface area contributed by atoms with Crippen LogP contribution in [-0.2, 0) is 10.0 Å². The highest BCUT2D eigenvalue weighted by molar-refractivity contribution is 7.90. The van der Waals surface area contributed by atoms with Gasteiger partial charge >= 0.3 is 0 Å². The van der Waals surface area contributed by atoms with Gasteiger partial charge in [-0.2, -0.15) is 5.10 Å². The highest BCUT2D eigenvalue weighted by atomic mass is 35.5. The van der Waals surface area contributed by atoms with Crippen molar-refractivity contribution in [1.29, 1.82) is 0 Å². The molecule has 0 spiro atoms. The number of aliphatic hydroxyl groups is 1. The van der Waals surface area contributed by atoms with Gasteiger partial charge in [0, 0.05) is 62.2 Å². The Hall–Kier alpha value is -4.66. The smallest absolute Gasteiger partial charge is 0.268 e. The number of aromatic amines is 1. The highest BCUT2D eigenvalue weighted by Gasteiger charge is 2.30. The van der Waals surface area contributed by atoms with E-state index < -0.39 is 15.9 Å². The molecule has 2 aliphatic carbocycles. The summed E-state index contributed by atoms with van der Waals surface area (Å²) in [6.07, 6.45) is 9.09. The Morgan fingerprint density at radius 3 is 2.48 bits per heavy atom. The second-order valence-electron chi connectivity index (χ2n) is 17.1. The standard InChI is InChI=1S/C45H51Cl2N7O5S/c1-45(2)17-16-31(37(24-45)30-8-10-32(46)11-9-30)28-53-18-20-54(21-19-53)33-12-15-36(42(22-33)59-41-5-3-4-40-38(41)27-50-51-40)44(56)52-60(57,58)35-23-39(47)43(49-26-35)48-25-29-6-13-34(55)14-7-29/h3-5,8-12,15,22-23,26-27,29,34,55H,6-7,13-14,16-21,24-25,28H2,1-2H3,(H,48,49)(H,50,51)(H,52,56). The number of anilines is 2. The molecule has 3 aliphatic rings. The van der Waals surface area contributed by atoms with Crippen molar-refractivity contribution in [2.45, 2.75) is 69.8 Å². The number of H-pyrrole nitrogens is 1. The van der Waals surface area contributed by atoms with Crippen molar-refractivity contribution in [2.24, 2.45) is 11.3 Å². The lowest BCUT2D eigenvalue weighted by Crippen LogP contribution is -2.47. The monoisotopic (exact) mass is 871 g/mol. The van der Waals surface area contributed by atoms with Gasteiger partial charge in [-0.25, -0.2) is 18.1 Å². The molecule has 1 aliphatic heterocycles. The minimum Gasteiger partial charge on any atom is -0.456 e. The number of nitrogens with one attached hydrogen (secondary N) is 3. The van der Waals surface area contributed by atoms with Crippen LogP contribution in [0.2, 0.25) is 10.0 Å². The summed E-state index contributed by atoms with van der Waals surface area (Å²) in [5.41, 5.74) is 6.05. The number of hydrogen-bond donors (Lipinski definition) is 4. The Kier molecular flexibility index (Phi) is 12.4. The fourth-order valence-electron chi connectivity index (χ4n) is 8.55. The van der Waals surface area contributed by atoms with Crippen LogP contribution in [0.25, 0.3) is 16.5 Å². The molecule has 8 rings (SSSR count). The summed E-state index contributed by atoms with van der Waals surface area (Å²) in [6.45, 7) is 9.41. The van der Waals surface area contributed by atoms with Gasteiger partial charge in [-0.15, -0.1) is 0 Å². The summed E-state index contributed by atoms with van der Waals surface area (Å²) in [5, 5.41) is 21.7. The summed E-state index contributed by atoms with van der Waals surface area (Å²) < 4.78 is 35.9. The molecule has 12 nitrogen and oxygen atoms in total. The molecule has 1 saturated carbocycles. The topological polar surface area (TPSA) is 153 Å². The molecule has 0 atom stereocenters. The van der Waals surface area contributed by atoms with E-state index >= 15 is 0 Å². The molecule has 3 aromatic carbocycles. The number of allylic oxidation sites excluding steroid dienone is 1. The van der Waals surface area contributed by atoms with E-state index in [4.69, 9.17) is 27.9 Å². The number of hydrogen-bond acceptors (Lipinski definition) is 10. The van der Waals surface area contributed by atoms with Crippen molar-refractivity contribution in [2.75, 3.05) is 49.5 Å². The molecule has 2 fully saturated rings. The van der Waals surface area contributed by atoms with Crippen LogP contribution in [0, 0.1) is 11.3 Å². The summed E-state index contributed by atoms with van der Waals surface area (Å²) in [5.74, 6) is 0.507. The van der Waals surface area contributed by atoms with Crippen molar-refractivity contribution in [1.82, 2.24) is 24.8 Å². The van der Waals surface area contributed by atoms with Crippen LogP contribution in [0.3, 0.4) is 0 Å². The third-order valence-corrected chi connectivity index (χ3v) is 14.0. The highest BCUT2D eigenvalue weighted by Crippen LogP contribution is 2.43. The van der Waals surface area contributed by atoms with Gasteiger partial charge in [-0.05, 0) is 110 Å². The largest absolute Gasteiger partial charge is 0.456 e. The van der Waals surface area contributed by atoms with E-state index in [1.807, 2.05) is 30.3 Å². The third-order valence-electron chi connectivity index (χ3n) is 12.1. The van der Waals surface area contributed by atoms with E-state index in [0.717, 1.165) is 93.9 Å². The van der Waals surface area contributed by atoms with Crippen molar-refractivity contribution >= 4 is 67.1 Å². The molecule has 5 aromatic rings. The molecule has 0 bridgehead atoms. The quantitative estimate of drug-likeness (QED) is 0.0957. The number of halogens is 2. The van der Waals surface area contributed by atoms with Crippen molar-refractivity contribution in [3.8, 4) is 11.5 Å². The van der Waals surface area contributed by atoms with Gasteiger partial charge < -0.3 is 20.1 Å². The predicted molar refractivity (Wildman–Crippen MR) is 238 cm³/mol. The Morgan fingerprint density at radius 1 is 0.967 bits per heavy atom. The molecular weight excluding hydrogens is 822 g/mol. The van der Waals surface area contributed by atoms with Crippen molar-refractivity contribution in [3.63, 3.8) is 0 Å². The number of pyridine rings is 1. The molecule has 0 unspecified atom stereocenters. The van der Waals surface area contributed by atoms with E-state index in [1.54, 1.807) is 24.4 Å². The van der Waals surface area contributed by atoms with Crippen LogP contribution in [0.15, 0.2) is 89.6 Å². The maximum absolute atomic E-state index is 13.9. The van der Waals surface area contributed by atoms with Gasteiger partial charge in [0.05, 0.1) is 33.8 Å². The number of aromatic nitrogens is 3. The minimum absolute atomic E-state index is 0.0401. The van der Waals surface area contributed by atoms with E-state index in [2.05, 4.69) is 61.0 Å². The van der Waals surface area contributed by atoms with Gasteiger partial charge in [0.1, 0.15) is 22.2 Å². The van der Waals surface area contributed by atoms with Gasteiger partial charge in [0.2, 0.25) is 0 Å². The zero-order valence-corrected chi connectivity index (χ0v) is 36.2. The second kappa shape index (κ2) is 17.7. The number of fused-ring (bicyclic) bond motifs is 1. The van der Waals surface area contributed by atoms with E-state index in [1.165, 1.54) is 29.0 Å². The SMILES string of the molecule is CC1(C)CCC(CN2CCN(c3ccc(C(=O)NS(=O)(=O)c4cnc(NCC5CCC(O)CC5)c(Cl)c4)c(Oc4cccc5[nH]ncc45)c3)CC2)=C(c2ccc(Cl)cc2)C1. The first-order valence-electron chi connectivity index (χ1n) is 20.6. The summed E-state index contributed by atoms with van der Waals surface area (Å²) in [7, 11) is -4.38. The Bertz CT molecular complexity index is 2490. The summed E-state index contributed by atoms with van der Waals surface area (Å²) in [4.78, 5) is 22.7. The summed E-state index contributed by atoms with van der Waals surface area (Å²) in [6, 6.07) is 20.2. The molecular formula is C45H51Cl2N7O5S. The minimum atomic E-state index is -4.38. The maximum atomic E-state index is 13.9. The predicted octanol–water partition coefficient (Wildman–Crippen LogP) is 8.92. The number of amides is 1. The first-order chi connectivity index (χ1) is 28.8. The first-order valence-corrected chi connectivity index (χ1v) is 22.9. The maximum Gasteiger partial charge on any atom is 0.268 e. The van der Waals surface area contributed by atoms with Gasteiger partial charge in [-0.3, -0.25) is 14.8 Å². The summed E-state index contributed by atoms with van der Waals surface area (Å²) >= 11 is 12.7. The molecule has 3 heterocycles. The molecule has 1 saturated heterocycles. The number of rotatable bonds is 12. The molecule has 1 amide bonds. The van der Waals surface area contributed by atoms with Crippen LogP contribution < -0.4 is 19.7 Å². The zero-order chi connectivity index (χ0) is 42.0. The number of nitrogens with zero attached hydrogens (tertiary/aromatic N) is 4. The average Bonchev–Trinajstić information content (AvgIpc) is 3.72. The van der Waals surface area contributed by atoms with Crippen molar-refractivity contribution < 1.29 is 23.1 Å². The normalized spacial score (nSPS) is 20.0. The van der Waals surface area contributed by atoms with Gasteiger partial charge in [0.15, 0.2) is 0 Å². The Balaban J connectivity index is 0.986. The fraction of sp³-hybridized carbons (Fsp3) is 0.400. The molecule has 4 N–H and O–H groups in total. The fourth-order valence-corrected chi connectivity index (χ4v) is 9.91. The van der Waals surface area contributed by atoms with E-state index in [9.17, 15) is 18.3 Å². The van der Waals surface area contributed by atoms with E-state index in [0.29, 0.717) is 29.4 Å². The number of carbonyl (C=O) groups excluding carboxylic acids is 1. The molecule has 60 heavy (non-hydrogen) atoms. The Morgan fingerprint density at radius 2 is 1.73 bits per heavy atom. The van der Waals surface area contributed by atoms with Crippen LogP contribution in [0.5, 0.6) is 11.5 Å². The van der Waals surface area contributed by atoms with Gasteiger partial charge in [0.25, 0.3) is 15.9 Å². The third kappa shape index (κ3) is 9.76. The van der Waals surface area contributed by atoms with Crippen molar-refractivity contribution in [3.05, 3.63) is 106 Å². The number of sulfonamides is 1. The molecule has 316 valence electrons. The van der Waals surface area contributed by atoms with Crippen LogP contribution in [0.4, 0.5) is 11.5 Å². The lowest BCUT2D eigenvalue weighted by atomic mass is 9.72. The number of ether oxygens (including phenoxy) is 1. The number of benzene rings is 3. The molecule has 0 radical (unpaired) electrons. The number of aliphatic hydroxyl groups excluding tert-OH is 1. The zero-order valence-electron chi connectivity index (χ0n) is 33.9. The number of carbonyl (C=O) groups is 1. The Labute approximate surface area is 361 Å². The first kappa shape index (κ1) is 42.0. The number of piperazine rings is 1. The van der Waals surface area contributed by atoms with Crippen LogP contribution >= 0.6 is 23.2 Å². The molecule has 15 heteroatoms. The lowest BCUT2D eigenvalue weighted by Gasteiger charge is -2.39. The van der Waals surface area contributed by atoms with Crippen LogP contribution in [-0.4, -0.2) is 84.9 Å².